The SMILES string of the molecule is N=C1C=CC=CCC1=CN. The van der Waals surface area contributed by atoms with E-state index < -0.39 is 0 Å². The van der Waals surface area contributed by atoms with Crippen molar-refractivity contribution in [3.8, 4) is 0 Å². The minimum absolute atomic E-state index is 0.507. The zero-order chi connectivity index (χ0) is 7.40. The Labute approximate surface area is 60.2 Å². The van der Waals surface area contributed by atoms with Crippen molar-refractivity contribution in [2.75, 3.05) is 0 Å². The highest BCUT2D eigenvalue weighted by Gasteiger charge is 1.99. The van der Waals surface area contributed by atoms with E-state index in [9.17, 15) is 0 Å². The molecule has 0 aromatic rings. The molecule has 0 amide bonds. The Morgan fingerprint density at radius 2 is 2.30 bits per heavy atom. The Balaban J connectivity index is 2.86. The second-order valence-corrected chi connectivity index (χ2v) is 2.10. The Morgan fingerprint density at radius 1 is 1.50 bits per heavy atom. The lowest BCUT2D eigenvalue weighted by atomic mass is 10.1. The summed E-state index contributed by atoms with van der Waals surface area (Å²) in [5.41, 5.74) is 6.68. The molecular formula is C8H10N2. The third-order valence-corrected chi connectivity index (χ3v) is 1.39. The summed E-state index contributed by atoms with van der Waals surface area (Å²) in [7, 11) is 0. The van der Waals surface area contributed by atoms with Crippen LogP contribution in [0.2, 0.25) is 0 Å². The number of allylic oxidation sites excluding steroid dienone is 5. The van der Waals surface area contributed by atoms with E-state index in [-0.39, 0.29) is 0 Å². The zero-order valence-electron chi connectivity index (χ0n) is 5.67. The van der Waals surface area contributed by atoms with E-state index in [4.69, 9.17) is 11.1 Å². The molecule has 0 saturated heterocycles. The summed E-state index contributed by atoms with van der Waals surface area (Å²) in [5, 5.41) is 7.41. The van der Waals surface area contributed by atoms with Crippen LogP contribution in [0.4, 0.5) is 0 Å². The smallest absolute Gasteiger partial charge is 0.0589 e. The molecule has 1 rings (SSSR count). The molecule has 0 fully saturated rings. The maximum atomic E-state index is 7.41. The van der Waals surface area contributed by atoms with Gasteiger partial charge in [0.2, 0.25) is 0 Å². The van der Waals surface area contributed by atoms with Gasteiger partial charge in [-0.05, 0) is 24.3 Å². The molecule has 1 aliphatic rings. The van der Waals surface area contributed by atoms with Crippen LogP contribution in [0, 0.1) is 5.41 Å². The lowest BCUT2D eigenvalue weighted by Gasteiger charge is -1.97. The van der Waals surface area contributed by atoms with E-state index >= 15 is 0 Å². The summed E-state index contributed by atoms with van der Waals surface area (Å²) in [6.45, 7) is 0. The molecule has 0 aliphatic heterocycles. The molecule has 2 heteroatoms. The topological polar surface area (TPSA) is 49.9 Å². The first kappa shape index (κ1) is 6.81. The minimum atomic E-state index is 0.507. The van der Waals surface area contributed by atoms with Crippen LogP contribution in [0.15, 0.2) is 36.1 Å². The molecule has 0 aromatic carbocycles. The number of rotatable bonds is 0. The van der Waals surface area contributed by atoms with Gasteiger partial charge in [-0.15, -0.1) is 0 Å². The van der Waals surface area contributed by atoms with Crippen molar-refractivity contribution in [2.24, 2.45) is 5.73 Å². The second kappa shape index (κ2) is 3.01. The molecule has 0 radical (unpaired) electrons. The van der Waals surface area contributed by atoms with Crippen LogP contribution in [0.5, 0.6) is 0 Å². The van der Waals surface area contributed by atoms with Crippen LogP contribution in [0.25, 0.3) is 0 Å². The lowest BCUT2D eigenvalue weighted by Crippen LogP contribution is -1.98. The number of nitrogens with one attached hydrogen (secondary N) is 1. The van der Waals surface area contributed by atoms with Crippen molar-refractivity contribution in [2.45, 2.75) is 6.42 Å². The molecule has 0 unspecified atom stereocenters. The molecule has 0 aromatic heterocycles. The van der Waals surface area contributed by atoms with E-state index in [1.165, 1.54) is 6.20 Å². The summed E-state index contributed by atoms with van der Waals surface area (Å²) >= 11 is 0. The molecule has 0 atom stereocenters. The van der Waals surface area contributed by atoms with Gasteiger partial charge in [0.25, 0.3) is 0 Å². The molecule has 0 heterocycles. The van der Waals surface area contributed by atoms with Gasteiger partial charge in [0.05, 0.1) is 5.71 Å². The van der Waals surface area contributed by atoms with Gasteiger partial charge in [0.1, 0.15) is 0 Å². The van der Waals surface area contributed by atoms with Gasteiger partial charge >= 0.3 is 0 Å². The molecule has 0 saturated carbocycles. The summed E-state index contributed by atoms with van der Waals surface area (Å²) in [6.07, 6.45) is 9.74. The molecule has 1 aliphatic carbocycles. The van der Waals surface area contributed by atoms with Gasteiger partial charge in [-0.2, -0.15) is 0 Å². The zero-order valence-corrected chi connectivity index (χ0v) is 5.67. The quantitative estimate of drug-likeness (QED) is 0.516. The van der Waals surface area contributed by atoms with E-state index in [1.807, 2.05) is 18.2 Å². The van der Waals surface area contributed by atoms with Crippen molar-refractivity contribution in [1.82, 2.24) is 0 Å². The summed E-state index contributed by atoms with van der Waals surface area (Å²) < 4.78 is 0. The fraction of sp³-hybridized carbons (Fsp3) is 0.125. The first-order valence-corrected chi connectivity index (χ1v) is 3.17. The largest absolute Gasteiger partial charge is 0.404 e. The first-order valence-electron chi connectivity index (χ1n) is 3.17. The maximum absolute atomic E-state index is 7.41. The van der Waals surface area contributed by atoms with Crippen molar-refractivity contribution in [3.63, 3.8) is 0 Å². The van der Waals surface area contributed by atoms with Gasteiger partial charge in [-0.25, -0.2) is 0 Å². The predicted octanol–water partition coefficient (Wildman–Crippen LogP) is 1.36. The summed E-state index contributed by atoms with van der Waals surface area (Å²) in [4.78, 5) is 0. The molecule has 2 nitrogen and oxygen atoms in total. The van der Waals surface area contributed by atoms with Crippen LogP contribution < -0.4 is 5.73 Å². The second-order valence-electron chi connectivity index (χ2n) is 2.10. The van der Waals surface area contributed by atoms with Crippen LogP contribution >= 0.6 is 0 Å². The Hall–Kier alpha value is -1.31. The van der Waals surface area contributed by atoms with Crippen molar-refractivity contribution in [1.29, 1.82) is 5.41 Å². The third kappa shape index (κ3) is 1.35. The van der Waals surface area contributed by atoms with Crippen LogP contribution in [0.3, 0.4) is 0 Å². The van der Waals surface area contributed by atoms with Crippen molar-refractivity contribution >= 4 is 5.71 Å². The van der Waals surface area contributed by atoms with Gasteiger partial charge < -0.3 is 11.1 Å². The highest BCUT2D eigenvalue weighted by molar-refractivity contribution is 6.06. The molecular weight excluding hydrogens is 124 g/mol. The molecule has 52 valence electrons. The van der Waals surface area contributed by atoms with Gasteiger partial charge in [0.15, 0.2) is 0 Å². The van der Waals surface area contributed by atoms with Crippen LogP contribution in [-0.4, -0.2) is 5.71 Å². The lowest BCUT2D eigenvalue weighted by molar-refractivity contribution is 1.28. The third-order valence-electron chi connectivity index (χ3n) is 1.39. The highest BCUT2D eigenvalue weighted by Crippen LogP contribution is 2.07. The Kier molecular flexibility index (Phi) is 2.05. The average molecular weight is 134 g/mol. The number of hydrogen-bond acceptors (Lipinski definition) is 2. The summed E-state index contributed by atoms with van der Waals surface area (Å²) in [5.74, 6) is 0. The Morgan fingerprint density at radius 3 is 3.00 bits per heavy atom. The number of hydrogen-bond donors (Lipinski definition) is 2. The highest BCUT2D eigenvalue weighted by atomic mass is 14.5. The van der Waals surface area contributed by atoms with Gasteiger partial charge in [-0.1, -0.05) is 18.2 Å². The Bertz CT molecular complexity index is 221. The molecule has 0 bridgehead atoms. The fourth-order valence-corrected chi connectivity index (χ4v) is 0.800. The van der Waals surface area contributed by atoms with E-state index in [1.54, 1.807) is 6.08 Å². The fourth-order valence-electron chi connectivity index (χ4n) is 0.800. The van der Waals surface area contributed by atoms with Crippen molar-refractivity contribution < 1.29 is 0 Å². The first-order chi connectivity index (χ1) is 4.84. The normalized spacial score (nSPS) is 21.6. The van der Waals surface area contributed by atoms with E-state index in [0.717, 1.165) is 12.0 Å². The molecule has 0 spiro atoms. The average Bonchev–Trinajstić information content (AvgIpc) is 2.13. The van der Waals surface area contributed by atoms with Crippen LogP contribution in [-0.2, 0) is 0 Å². The summed E-state index contributed by atoms with van der Waals surface area (Å²) in [6, 6.07) is 0. The predicted molar refractivity (Wildman–Crippen MR) is 42.9 cm³/mol. The standard InChI is InChI=1S/C8H10N2/c9-6-7-4-2-1-3-5-8(7)10/h1-3,5-6,10H,4,9H2. The van der Waals surface area contributed by atoms with Gasteiger partial charge in [-0.3, -0.25) is 0 Å². The van der Waals surface area contributed by atoms with E-state index in [2.05, 4.69) is 0 Å². The van der Waals surface area contributed by atoms with E-state index in [0.29, 0.717) is 5.71 Å². The number of nitrogens with two attached hydrogens (primary N) is 1. The minimum Gasteiger partial charge on any atom is -0.404 e. The van der Waals surface area contributed by atoms with Crippen molar-refractivity contribution in [3.05, 3.63) is 36.1 Å². The van der Waals surface area contributed by atoms with Gasteiger partial charge in [0, 0.05) is 0 Å². The van der Waals surface area contributed by atoms with Crippen LogP contribution in [0.1, 0.15) is 6.42 Å². The monoisotopic (exact) mass is 134 g/mol. The maximum Gasteiger partial charge on any atom is 0.0589 e. The molecule has 3 N–H and O–H groups in total. The molecule has 10 heavy (non-hydrogen) atoms.